The molecule has 1 heterocycles. The molecule has 3 N–H and O–H groups in total. The molecular weight excluding hydrogens is 531 g/mol. The van der Waals surface area contributed by atoms with Crippen LogP contribution in [0.4, 0.5) is 4.48 Å². The van der Waals surface area contributed by atoms with Gasteiger partial charge in [0.15, 0.2) is 0 Å². The topological polar surface area (TPSA) is 39.3 Å². The smallest absolute Gasteiger partial charge is 0.0145 e. The number of allylic oxidation sites excluding steroid dienone is 3. The molecule has 0 spiro atoms. The summed E-state index contributed by atoms with van der Waals surface area (Å²) in [6.45, 7) is 27.8. The maximum absolute atomic E-state index is 10.0. The molecule has 3 saturated carbocycles. The number of hydrogen-bond donors (Lipinski definition) is 3. The normalized spacial score (nSPS) is 36.3. The fourth-order valence-electron chi connectivity index (χ4n) is 9.83. The highest BCUT2D eigenvalue weighted by Gasteiger charge is 2.59. The Labute approximate surface area is 267 Å². The second-order valence-electron chi connectivity index (χ2n) is 14.3. The average Bonchev–Trinajstić information content (AvgIpc) is 3.58. The standard InChI is InChI=1S/C31H52N2.C2H7N.2C2H4.CH4FN/c1-21-15-17-30(4)24(20-21)10-12-26-28-14-13-27(31(28,5)18-16-29(26)30)23(3)33(6)19-7-8-25-11-9-22(2)32-25;1-3-2;2*1-2;1-3-2/h20,22-23,25-29,32H,1,7-19H2,2-6H3;3H,1-2H3;2*1-2H2;3H,1H3. The first-order chi connectivity index (χ1) is 20.5. The summed E-state index contributed by atoms with van der Waals surface area (Å²) in [6.07, 6.45) is 19.2. The van der Waals surface area contributed by atoms with E-state index in [1.165, 1.54) is 102 Å². The van der Waals surface area contributed by atoms with Crippen molar-refractivity contribution in [3.8, 4) is 0 Å². The minimum Gasteiger partial charge on any atom is -0.323 e. The molecule has 1 aliphatic heterocycles. The third-order valence-corrected chi connectivity index (χ3v) is 12.0. The van der Waals surface area contributed by atoms with Gasteiger partial charge in [0, 0.05) is 25.2 Å². The van der Waals surface area contributed by atoms with Gasteiger partial charge in [-0.05, 0) is 153 Å². The summed E-state index contributed by atoms with van der Waals surface area (Å²) in [6, 6.07) is 2.23. The van der Waals surface area contributed by atoms with E-state index >= 15 is 0 Å². The number of nitrogens with zero attached hydrogens (tertiary/aromatic N) is 1. The third kappa shape index (κ3) is 9.61. The largest absolute Gasteiger partial charge is 0.323 e. The molecule has 0 aromatic heterocycles. The van der Waals surface area contributed by atoms with E-state index in [4.69, 9.17) is 0 Å². The van der Waals surface area contributed by atoms with Crippen molar-refractivity contribution in [3.63, 3.8) is 0 Å². The van der Waals surface area contributed by atoms with Gasteiger partial charge in [0.05, 0.1) is 0 Å². The highest BCUT2D eigenvalue weighted by molar-refractivity contribution is 5.33. The number of halogens is 1. The molecule has 0 amide bonds. The molecule has 1 saturated heterocycles. The van der Waals surface area contributed by atoms with Crippen molar-refractivity contribution in [2.75, 3.05) is 34.7 Å². The molecule has 43 heavy (non-hydrogen) atoms. The first-order valence-electron chi connectivity index (χ1n) is 17.3. The van der Waals surface area contributed by atoms with Gasteiger partial charge in [-0.25, -0.2) is 0 Å². The van der Waals surface area contributed by atoms with Crippen LogP contribution in [-0.2, 0) is 0 Å². The summed E-state index contributed by atoms with van der Waals surface area (Å²) in [4.78, 5) is 2.73. The van der Waals surface area contributed by atoms with Crippen LogP contribution in [0.15, 0.2) is 50.1 Å². The first-order valence-corrected chi connectivity index (χ1v) is 17.3. The van der Waals surface area contributed by atoms with Gasteiger partial charge >= 0.3 is 0 Å². The van der Waals surface area contributed by atoms with Crippen molar-refractivity contribution in [1.29, 1.82) is 0 Å². The van der Waals surface area contributed by atoms with E-state index in [-0.39, 0.29) is 0 Å². The zero-order valence-electron chi connectivity index (χ0n) is 29.7. The van der Waals surface area contributed by atoms with Crippen LogP contribution >= 0.6 is 0 Å². The minimum absolute atomic E-state index is 0.470. The average molecular weight is 603 g/mol. The summed E-state index contributed by atoms with van der Waals surface area (Å²) in [5.41, 5.74) is 5.43. The van der Waals surface area contributed by atoms with E-state index in [1.54, 1.807) is 5.57 Å². The Morgan fingerprint density at radius 3 is 2.19 bits per heavy atom. The molecule has 4 fully saturated rings. The van der Waals surface area contributed by atoms with Crippen molar-refractivity contribution in [2.24, 2.45) is 34.5 Å². The van der Waals surface area contributed by atoms with Crippen LogP contribution in [0, 0.1) is 34.5 Å². The van der Waals surface area contributed by atoms with Crippen LogP contribution in [0.1, 0.15) is 105 Å². The highest BCUT2D eigenvalue weighted by Crippen LogP contribution is 2.67. The van der Waals surface area contributed by atoms with Gasteiger partial charge in [-0.3, -0.25) is 0 Å². The molecule has 5 aliphatic rings. The quantitative estimate of drug-likeness (QED) is 0.210. The second kappa shape index (κ2) is 19.3. The monoisotopic (exact) mass is 603 g/mol. The van der Waals surface area contributed by atoms with Crippen LogP contribution < -0.4 is 16.2 Å². The number of rotatable bonds is 6. The third-order valence-electron chi connectivity index (χ3n) is 12.0. The summed E-state index contributed by atoms with van der Waals surface area (Å²) < 4.78 is 10.0. The van der Waals surface area contributed by atoms with Crippen LogP contribution in [-0.4, -0.2) is 57.8 Å². The zero-order valence-corrected chi connectivity index (χ0v) is 29.7. The maximum Gasteiger partial charge on any atom is 0.0145 e. The van der Waals surface area contributed by atoms with Crippen molar-refractivity contribution >= 4 is 0 Å². The van der Waals surface area contributed by atoms with Crippen LogP contribution in [0.3, 0.4) is 0 Å². The van der Waals surface area contributed by atoms with Crippen molar-refractivity contribution in [3.05, 3.63) is 50.1 Å². The van der Waals surface area contributed by atoms with E-state index in [0.29, 0.717) is 10.8 Å². The van der Waals surface area contributed by atoms with Crippen LogP contribution in [0.25, 0.3) is 0 Å². The molecule has 5 heteroatoms. The molecule has 4 nitrogen and oxygen atoms in total. The number of fused-ring (bicyclic) bond motifs is 5. The number of nitrogens with one attached hydrogen (secondary N) is 3. The summed E-state index contributed by atoms with van der Waals surface area (Å²) >= 11 is 0. The Morgan fingerprint density at radius 2 is 1.60 bits per heavy atom. The maximum atomic E-state index is 10.0. The Morgan fingerprint density at radius 1 is 0.977 bits per heavy atom. The molecule has 0 radical (unpaired) electrons. The van der Waals surface area contributed by atoms with Gasteiger partial charge < -0.3 is 15.5 Å². The molecule has 0 aromatic rings. The second-order valence-corrected chi connectivity index (χ2v) is 14.3. The highest BCUT2D eigenvalue weighted by atomic mass is 19.2. The van der Waals surface area contributed by atoms with Gasteiger partial charge in [0.1, 0.15) is 0 Å². The van der Waals surface area contributed by atoms with E-state index in [2.05, 4.69) is 89.2 Å². The van der Waals surface area contributed by atoms with E-state index in [9.17, 15) is 4.48 Å². The molecule has 5 rings (SSSR count). The fraction of sp³-hybridized carbons (Fsp3) is 0.789. The van der Waals surface area contributed by atoms with Crippen molar-refractivity contribution in [2.45, 2.75) is 123 Å². The summed E-state index contributed by atoms with van der Waals surface area (Å²) in [5, 5.41) is 6.53. The first kappa shape index (κ1) is 39.8. The van der Waals surface area contributed by atoms with Gasteiger partial charge in [-0.15, -0.1) is 30.8 Å². The summed E-state index contributed by atoms with van der Waals surface area (Å²) in [5.74, 6) is 3.74. The number of hydrogen-bond acceptors (Lipinski definition) is 4. The predicted molar refractivity (Wildman–Crippen MR) is 189 cm³/mol. The van der Waals surface area contributed by atoms with E-state index < -0.39 is 0 Å². The van der Waals surface area contributed by atoms with Crippen molar-refractivity contribution < 1.29 is 4.48 Å². The lowest BCUT2D eigenvalue weighted by Crippen LogP contribution is -2.52. The molecule has 9 unspecified atom stereocenters. The summed E-state index contributed by atoms with van der Waals surface area (Å²) in [7, 11) is 7.38. The molecule has 250 valence electrons. The van der Waals surface area contributed by atoms with Crippen LogP contribution in [0.5, 0.6) is 0 Å². The van der Waals surface area contributed by atoms with E-state index in [1.807, 2.05) is 14.1 Å². The van der Waals surface area contributed by atoms with Crippen LogP contribution in [0.2, 0.25) is 0 Å². The minimum atomic E-state index is 0.470. The molecule has 9 atom stereocenters. The van der Waals surface area contributed by atoms with Gasteiger partial charge in [-0.2, -0.15) is 5.54 Å². The van der Waals surface area contributed by atoms with Crippen molar-refractivity contribution in [1.82, 2.24) is 21.1 Å². The molecular formula is C38H71FN4. The zero-order chi connectivity index (χ0) is 32.8. The Kier molecular flexibility index (Phi) is 17.8. The Bertz CT molecular complexity index is 840. The van der Waals surface area contributed by atoms with E-state index in [0.717, 1.165) is 41.8 Å². The fourth-order valence-corrected chi connectivity index (χ4v) is 9.83. The molecule has 4 aliphatic carbocycles. The van der Waals surface area contributed by atoms with Gasteiger partial charge in [0.25, 0.3) is 0 Å². The van der Waals surface area contributed by atoms with Gasteiger partial charge in [-0.1, -0.05) is 37.6 Å². The lowest BCUT2D eigenvalue weighted by molar-refractivity contribution is -0.0609. The predicted octanol–water partition coefficient (Wildman–Crippen LogP) is 8.89. The Hall–Kier alpha value is -1.27. The Balaban J connectivity index is 0.000000827. The molecule has 0 bridgehead atoms. The molecule has 0 aromatic carbocycles. The lowest BCUT2D eigenvalue weighted by atomic mass is 9.46. The van der Waals surface area contributed by atoms with Gasteiger partial charge in [0.2, 0.25) is 0 Å². The lowest BCUT2D eigenvalue weighted by Gasteiger charge is -2.59. The SMILES string of the molecule is C=C.C=C.C=C1C=C2CCC3C(CCC4(C)C3CCC4C(C)N(C)CCCC3CCC(C)N3)C2(C)CC1.CNC.CNF.